The average molecular weight is 559 g/mol. The Kier molecular flexibility index (Phi) is 6.02. The van der Waals surface area contributed by atoms with Gasteiger partial charge in [0, 0.05) is 35.7 Å². The fourth-order valence-corrected chi connectivity index (χ4v) is 5.84. The fourth-order valence-electron chi connectivity index (χ4n) is 5.84. The Morgan fingerprint density at radius 3 is 2.83 bits per heavy atom. The van der Waals surface area contributed by atoms with Crippen LogP contribution in [0.3, 0.4) is 0 Å². The minimum atomic E-state index is -0.559. The van der Waals surface area contributed by atoms with E-state index in [0.717, 1.165) is 37.8 Å². The van der Waals surface area contributed by atoms with Crippen LogP contribution in [0.15, 0.2) is 42.5 Å². The number of rotatable bonds is 7. The Labute approximate surface area is 234 Å². The molecule has 4 aliphatic rings. The van der Waals surface area contributed by atoms with Gasteiger partial charge in [0.25, 0.3) is 5.91 Å². The molecule has 2 aliphatic carbocycles. The molecule has 7 rings (SSSR count). The molecule has 1 saturated carbocycles. The van der Waals surface area contributed by atoms with Gasteiger partial charge in [0.15, 0.2) is 12.4 Å². The van der Waals surface area contributed by atoms with E-state index in [9.17, 15) is 14.0 Å². The maximum atomic E-state index is 14.4. The summed E-state index contributed by atoms with van der Waals surface area (Å²) < 4.78 is 21.6. The predicted molar refractivity (Wildman–Crippen MR) is 144 cm³/mol. The second kappa shape index (κ2) is 9.75. The van der Waals surface area contributed by atoms with Crippen molar-refractivity contribution in [3.8, 4) is 17.1 Å². The molecule has 2 fully saturated rings. The van der Waals surface area contributed by atoms with Gasteiger partial charge in [-0.3, -0.25) is 14.7 Å². The number of nitrogens with zero attached hydrogens (tertiary/aromatic N) is 6. The third-order valence-corrected chi connectivity index (χ3v) is 8.31. The molecule has 2 amide bonds. The molecular weight excluding hydrogens is 529 g/mol. The number of halogens is 1. The minimum Gasteiger partial charge on any atom is -0.481 e. The number of methoxy groups -OCH3 is 1. The summed E-state index contributed by atoms with van der Waals surface area (Å²) in [6.07, 6.45) is 9.57. The summed E-state index contributed by atoms with van der Waals surface area (Å²) in [6.45, 7) is 2.44. The second-order valence-corrected chi connectivity index (χ2v) is 10.8. The zero-order chi connectivity index (χ0) is 28.1. The lowest BCUT2D eigenvalue weighted by Crippen LogP contribution is -2.50. The lowest BCUT2D eigenvalue weighted by atomic mass is 9.88. The number of likely N-dealkylation sites (tertiary alicyclic amines) is 1. The van der Waals surface area contributed by atoms with Gasteiger partial charge in [-0.2, -0.15) is 9.67 Å². The maximum Gasteiger partial charge on any atom is 0.272 e. The molecule has 210 valence electrons. The van der Waals surface area contributed by atoms with Crippen molar-refractivity contribution in [2.45, 2.75) is 37.8 Å². The molecular formula is C28H29FN9O3+. The number of nitrogens with one attached hydrogen (secondary N) is 3. The van der Waals surface area contributed by atoms with E-state index in [4.69, 9.17) is 4.74 Å². The van der Waals surface area contributed by atoms with E-state index >= 15 is 0 Å². The number of hydrogen-bond donors (Lipinski definition) is 3. The SMILES string of the molecule is COc1cc(-c2cc(C(=O)N3CC[C@H](C(=O)NCc4ncc([N+]5=C6C=C6NCC5)cn4)CC34CC4)[nH]n2)c(F)cn1. The number of piperidine rings is 1. The monoisotopic (exact) mass is 558 g/mol. The summed E-state index contributed by atoms with van der Waals surface area (Å²) in [5.41, 5.74) is 3.70. The van der Waals surface area contributed by atoms with E-state index in [-0.39, 0.29) is 47.0 Å². The zero-order valence-electron chi connectivity index (χ0n) is 22.5. The Morgan fingerprint density at radius 1 is 1.22 bits per heavy atom. The molecule has 12 nitrogen and oxygen atoms in total. The summed E-state index contributed by atoms with van der Waals surface area (Å²) >= 11 is 0. The van der Waals surface area contributed by atoms with Crippen molar-refractivity contribution in [1.29, 1.82) is 0 Å². The van der Waals surface area contributed by atoms with Crippen LogP contribution >= 0.6 is 0 Å². The van der Waals surface area contributed by atoms with E-state index in [1.54, 1.807) is 18.5 Å². The van der Waals surface area contributed by atoms with Crippen LogP contribution in [0.4, 0.5) is 10.1 Å². The van der Waals surface area contributed by atoms with Crippen LogP contribution in [-0.4, -0.2) is 84.4 Å². The molecule has 1 saturated heterocycles. The number of allylic oxidation sites excluding steroid dienone is 2. The van der Waals surface area contributed by atoms with E-state index in [1.165, 1.54) is 24.6 Å². The lowest BCUT2D eigenvalue weighted by Gasteiger charge is -2.39. The van der Waals surface area contributed by atoms with Crippen LogP contribution in [0.5, 0.6) is 5.88 Å². The molecule has 0 bridgehead atoms. The van der Waals surface area contributed by atoms with Crippen LogP contribution in [0.25, 0.3) is 11.3 Å². The summed E-state index contributed by atoms with van der Waals surface area (Å²) in [5.74, 6) is -0.207. The van der Waals surface area contributed by atoms with Gasteiger partial charge in [0.05, 0.1) is 32.1 Å². The van der Waals surface area contributed by atoms with Crippen molar-refractivity contribution < 1.29 is 23.3 Å². The Bertz CT molecular complexity index is 1610. The molecule has 2 aliphatic heterocycles. The second-order valence-electron chi connectivity index (χ2n) is 10.8. The maximum absolute atomic E-state index is 14.4. The summed E-state index contributed by atoms with van der Waals surface area (Å²) in [7, 11) is 1.45. The van der Waals surface area contributed by atoms with Crippen LogP contribution in [0.2, 0.25) is 0 Å². The van der Waals surface area contributed by atoms with Crippen LogP contribution in [0.1, 0.15) is 42.0 Å². The topological polar surface area (TPSA) is 141 Å². The molecule has 1 atom stereocenters. The molecule has 5 heterocycles. The third-order valence-electron chi connectivity index (χ3n) is 8.31. The number of fused-ring (bicyclic) bond motifs is 1. The largest absolute Gasteiger partial charge is 0.481 e. The first-order chi connectivity index (χ1) is 19.9. The van der Waals surface area contributed by atoms with E-state index in [2.05, 4.69) is 46.4 Å². The highest BCUT2D eigenvalue weighted by molar-refractivity contribution is 6.20. The van der Waals surface area contributed by atoms with E-state index in [1.807, 2.05) is 4.90 Å². The fraction of sp³-hybridized carbons (Fsp3) is 0.393. The Balaban J connectivity index is 0.965. The van der Waals surface area contributed by atoms with Crippen LogP contribution in [0, 0.1) is 11.7 Å². The number of ether oxygens (including phenoxy) is 1. The molecule has 13 heteroatoms. The van der Waals surface area contributed by atoms with Gasteiger partial charge in [-0.05, 0) is 31.7 Å². The molecule has 3 aromatic rings. The molecule has 0 radical (unpaired) electrons. The molecule has 41 heavy (non-hydrogen) atoms. The lowest BCUT2D eigenvalue weighted by molar-refractivity contribution is -0.438. The van der Waals surface area contributed by atoms with Gasteiger partial charge in [-0.1, -0.05) is 0 Å². The number of carbonyl (C=O) groups is 2. The van der Waals surface area contributed by atoms with Crippen molar-refractivity contribution in [1.82, 2.24) is 40.7 Å². The van der Waals surface area contributed by atoms with E-state index < -0.39 is 5.82 Å². The molecule has 3 aromatic heterocycles. The molecule has 3 N–H and O–H groups in total. The van der Waals surface area contributed by atoms with E-state index in [0.29, 0.717) is 30.9 Å². The highest BCUT2D eigenvalue weighted by atomic mass is 19.1. The van der Waals surface area contributed by atoms with Gasteiger partial charge in [-0.15, -0.1) is 0 Å². The quantitative estimate of drug-likeness (QED) is 0.372. The summed E-state index contributed by atoms with van der Waals surface area (Å²) in [6, 6.07) is 2.98. The van der Waals surface area contributed by atoms with Gasteiger partial charge in [0.2, 0.25) is 23.2 Å². The highest BCUT2D eigenvalue weighted by Crippen LogP contribution is 2.50. The highest BCUT2D eigenvalue weighted by Gasteiger charge is 2.54. The standard InChI is InChI=1S/C28H28FN9O3/c1-41-25-8-18(19(29)14-33-25)20-9-22(36-35-20)27(40)38-6-2-16(11-28(38)3-4-28)26(39)34-15-24-31-12-17(13-32-24)37-7-5-30-21-10-23(21)37/h8-10,12-14,16H,2-7,11,15H2,1H3,(H2,33,34,35,36,39,40)/p+1/t16-/m0/s1. The molecule has 1 spiro atoms. The van der Waals surface area contributed by atoms with Gasteiger partial charge >= 0.3 is 0 Å². The molecule has 0 unspecified atom stereocenters. The minimum absolute atomic E-state index is 0.0496. The zero-order valence-corrected chi connectivity index (χ0v) is 22.5. The van der Waals surface area contributed by atoms with Crippen molar-refractivity contribution >= 4 is 23.2 Å². The number of H-pyrrole nitrogens is 1. The number of aromatic nitrogens is 5. The first-order valence-corrected chi connectivity index (χ1v) is 13.7. The number of amides is 2. The van der Waals surface area contributed by atoms with Crippen LogP contribution < -0.4 is 15.4 Å². The first-order valence-electron chi connectivity index (χ1n) is 13.7. The predicted octanol–water partition coefficient (Wildman–Crippen LogP) is 1.70. The third kappa shape index (κ3) is 4.70. The van der Waals surface area contributed by atoms with Crippen molar-refractivity contribution in [3.63, 3.8) is 0 Å². The Morgan fingerprint density at radius 2 is 2.05 bits per heavy atom. The first kappa shape index (κ1) is 25.3. The van der Waals surface area contributed by atoms with Gasteiger partial charge in [0.1, 0.15) is 29.6 Å². The van der Waals surface area contributed by atoms with Gasteiger partial charge < -0.3 is 20.3 Å². The summed E-state index contributed by atoms with van der Waals surface area (Å²) in [5, 5.41) is 13.2. The average Bonchev–Trinajstić information content (AvgIpc) is 3.91. The van der Waals surface area contributed by atoms with Crippen molar-refractivity contribution in [2.75, 3.05) is 26.7 Å². The Hall–Kier alpha value is -4.68. The molecule has 0 aromatic carbocycles. The normalized spacial score (nSPS) is 20.2. The van der Waals surface area contributed by atoms with Crippen molar-refractivity contribution in [2.24, 2.45) is 5.92 Å². The van der Waals surface area contributed by atoms with Crippen LogP contribution in [-0.2, 0) is 11.3 Å². The number of hydrogen-bond acceptors (Lipinski definition) is 8. The number of pyridine rings is 1. The summed E-state index contributed by atoms with van der Waals surface area (Å²) in [4.78, 5) is 41.1. The van der Waals surface area contributed by atoms with Gasteiger partial charge in [-0.25, -0.2) is 19.3 Å². The number of aromatic amines is 1. The van der Waals surface area contributed by atoms with Crippen molar-refractivity contribution in [3.05, 3.63) is 59.8 Å². The smallest absolute Gasteiger partial charge is 0.272 e. The number of carbonyl (C=O) groups excluding carboxylic acids is 2.